The second kappa shape index (κ2) is 6.38. The maximum absolute atomic E-state index is 12.1. The highest BCUT2D eigenvalue weighted by atomic mass is 16.2. The molecule has 19 heavy (non-hydrogen) atoms. The average molecular weight is 255 g/mol. The van der Waals surface area contributed by atoms with Gasteiger partial charge in [-0.3, -0.25) is 9.89 Å². The van der Waals surface area contributed by atoms with E-state index in [0.29, 0.717) is 23.2 Å². The van der Waals surface area contributed by atoms with Crippen LogP contribution in [-0.4, -0.2) is 27.8 Å². The topological polar surface area (TPSA) is 78.0 Å². The molecule has 0 fully saturated rings. The number of amides is 1. The second-order valence-electron chi connectivity index (χ2n) is 3.76. The van der Waals surface area contributed by atoms with Gasteiger partial charge in [-0.1, -0.05) is 24.0 Å². The molecule has 2 rings (SSSR count). The highest BCUT2D eigenvalue weighted by molar-refractivity contribution is 6.05. The number of aliphatic hydroxyl groups excluding tert-OH is 1. The summed E-state index contributed by atoms with van der Waals surface area (Å²) in [5.41, 5.74) is 1.73. The van der Waals surface area contributed by atoms with E-state index in [9.17, 15) is 4.79 Å². The lowest BCUT2D eigenvalue weighted by Gasteiger charge is -2.04. The van der Waals surface area contributed by atoms with Crippen LogP contribution in [0.1, 0.15) is 22.3 Å². The highest BCUT2D eigenvalue weighted by Crippen LogP contribution is 2.11. The van der Waals surface area contributed by atoms with Crippen LogP contribution < -0.4 is 5.32 Å². The van der Waals surface area contributed by atoms with Gasteiger partial charge in [0.2, 0.25) is 0 Å². The predicted octanol–water partition coefficient (Wildman–Crippen LogP) is 1.40. The molecule has 0 unspecified atom stereocenters. The fraction of sp³-hybridized carbons (Fsp3) is 0.143. The standard InChI is InChI=1S/C14H13N3O2/c18-8-4-3-6-11-5-1-2-7-13(11)14(19)17-12-9-15-16-10-12/h1-2,5,7,9-10,18H,4,8H2,(H,15,16)(H,17,19). The second-order valence-corrected chi connectivity index (χ2v) is 3.76. The van der Waals surface area contributed by atoms with Gasteiger partial charge in [-0.15, -0.1) is 0 Å². The van der Waals surface area contributed by atoms with E-state index in [-0.39, 0.29) is 12.5 Å². The van der Waals surface area contributed by atoms with Crippen LogP contribution in [0.25, 0.3) is 0 Å². The van der Waals surface area contributed by atoms with Gasteiger partial charge in [-0.05, 0) is 12.1 Å². The Morgan fingerprint density at radius 2 is 2.26 bits per heavy atom. The molecule has 1 heterocycles. The SMILES string of the molecule is O=C(Nc1cn[nH]c1)c1ccccc1C#CCCO. The maximum Gasteiger partial charge on any atom is 0.257 e. The van der Waals surface area contributed by atoms with Crippen molar-refractivity contribution >= 4 is 11.6 Å². The molecule has 0 saturated carbocycles. The molecule has 2 aromatic rings. The fourth-order valence-corrected chi connectivity index (χ4v) is 1.52. The summed E-state index contributed by atoms with van der Waals surface area (Å²) in [5, 5.41) is 17.8. The molecule has 96 valence electrons. The first-order valence-electron chi connectivity index (χ1n) is 5.80. The Bertz CT molecular complexity index is 609. The van der Waals surface area contributed by atoms with Crippen molar-refractivity contribution in [1.82, 2.24) is 10.2 Å². The van der Waals surface area contributed by atoms with Crippen molar-refractivity contribution in [1.29, 1.82) is 0 Å². The molecule has 1 aromatic carbocycles. The fourth-order valence-electron chi connectivity index (χ4n) is 1.52. The molecule has 0 aliphatic carbocycles. The number of hydrogen-bond acceptors (Lipinski definition) is 3. The lowest BCUT2D eigenvalue weighted by molar-refractivity contribution is 0.102. The number of aromatic nitrogens is 2. The highest BCUT2D eigenvalue weighted by Gasteiger charge is 2.10. The van der Waals surface area contributed by atoms with Gasteiger partial charge in [0.1, 0.15) is 0 Å². The van der Waals surface area contributed by atoms with Crippen LogP contribution in [0, 0.1) is 11.8 Å². The monoisotopic (exact) mass is 255 g/mol. The third-order valence-electron chi connectivity index (χ3n) is 2.39. The molecule has 0 bridgehead atoms. The average Bonchev–Trinajstić information content (AvgIpc) is 2.92. The van der Waals surface area contributed by atoms with Crippen LogP contribution in [0.4, 0.5) is 5.69 Å². The first kappa shape index (κ1) is 12.9. The number of aromatic amines is 1. The van der Waals surface area contributed by atoms with Crippen molar-refractivity contribution in [3.05, 3.63) is 47.8 Å². The molecule has 0 radical (unpaired) electrons. The molecule has 1 aromatic heterocycles. The normalized spacial score (nSPS) is 9.53. The lowest BCUT2D eigenvalue weighted by atomic mass is 10.1. The molecule has 1 amide bonds. The predicted molar refractivity (Wildman–Crippen MR) is 71.6 cm³/mol. The van der Waals surface area contributed by atoms with E-state index in [1.807, 2.05) is 6.07 Å². The molecule has 0 aliphatic rings. The van der Waals surface area contributed by atoms with Crippen molar-refractivity contribution in [2.75, 3.05) is 11.9 Å². The number of aliphatic hydroxyl groups is 1. The minimum Gasteiger partial charge on any atom is -0.395 e. The summed E-state index contributed by atoms with van der Waals surface area (Å²) >= 11 is 0. The lowest BCUT2D eigenvalue weighted by Crippen LogP contribution is -2.12. The van der Waals surface area contributed by atoms with Crippen molar-refractivity contribution in [2.24, 2.45) is 0 Å². The van der Waals surface area contributed by atoms with Crippen LogP contribution in [0.2, 0.25) is 0 Å². The van der Waals surface area contributed by atoms with Crippen molar-refractivity contribution in [3.8, 4) is 11.8 Å². The van der Waals surface area contributed by atoms with Gasteiger partial charge in [-0.25, -0.2) is 0 Å². The number of nitrogens with zero attached hydrogens (tertiary/aromatic N) is 1. The van der Waals surface area contributed by atoms with Gasteiger partial charge >= 0.3 is 0 Å². The minimum atomic E-state index is -0.240. The van der Waals surface area contributed by atoms with E-state index >= 15 is 0 Å². The summed E-state index contributed by atoms with van der Waals surface area (Å²) in [6.45, 7) is 0.0103. The van der Waals surface area contributed by atoms with Gasteiger partial charge in [0.25, 0.3) is 5.91 Å². The quantitative estimate of drug-likeness (QED) is 0.725. The number of H-pyrrole nitrogens is 1. The van der Waals surface area contributed by atoms with Gasteiger partial charge in [0, 0.05) is 18.2 Å². The van der Waals surface area contributed by atoms with Crippen LogP contribution in [0.3, 0.4) is 0 Å². The zero-order chi connectivity index (χ0) is 13.5. The molecule has 5 nitrogen and oxygen atoms in total. The molecular weight excluding hydrogens is 242 g/mol. The summed E-state index contributed by atoms with van der Waals surface area (Å²) in [4.78, 5) is 12.1. The van der Waals surface area contributed by atoms with Crippen LogP contribution >= 0.6 is 0 Å². The minimum absolute atomic E-state index is 0.0103. The molecular formula is C14H13N3O2. The molecule has 0 saturated heterocycles. The van der Waals surface area contributed by atoms with Crippen LogP contribution in [0.15, 0.2) is 36.7 Å². The van der Waals surface area contributed by atoms with Gasteiger partial charge in [0.15, 0.2) is 0 Å². The first-order valence-corrected chi connectivity index (χ1v) is 5.80. The van der Waals surface area contributed by atoms with E-state index in [1.165, 1.54) is 6.20 Å². The first-order chi connectivity index (χ1) is 9.31. The summed E-state index contributed by atoms with van der Waals surface area (Å²) in [7, 11) is 0. The largest absolute Gasteiger partial charge is 0.395 e. The molecule has 0 aliphatic heterocycles. The van der Waals surface area contributed by atoms with Crippen LogP contribution in [-0.2, 0) is 0 Å². The number of hydrogen-bond donors (Lipinski definition) is 3. The number of carbonyl (C=O) groups excluding carboxylic acids is 1. The smallest absolute Gasteiger partial charge is 0.257 e. The van der Waals surface area contributed by atoms with E-state index in [2.05, 4.69) is 27.4 Å². The Labute approximate surface area is 110 Å². The Hall–Kier alpha value is -2.58. The number of rotatable bonds is 3. The van der Waals surface area contributed by atoms with Gasteiger partial charge in [-0.2, -0.15) is 5.10 Å². The Kier molecular flexibility index (Phi) is 4.32. The van der Waals surface area contributed by atoms with Gasteiger partial charge < -0.3 is 10.4 Å². The Morgan fingerprint density at radius 3 is 3.00 bits per heavy atom. The van der Waals surface area contributed by atoms with Crippen molar-refractivity contribution < 1.29 is 9.90 Å². The van der Waals surface area contributed by atoms with E-state index in [4.69, 9.17) is 5.11 Å². The molecule has 5 heteroatoms. The third kappa shape index (κ3) is 3.44. The summed E-state index contributed by atoms with van der Waals surface area (Å²) in [6, 6.07) is 7.08. The molecule has 3 N–H and O–H groups in total. The maximum atomic E-state index is 12.1. The van der Waals surface area contributed by atoms with E-state index in [1.54, 1.807) is 24.4 Å². The third-order valence-corrected chi connectivity index (χ3v) is 2.39. The number of benzene rings is 1. The Morgan fingerprint density at radius 1 is 1.42 bits per heavy atom. The Balaban J connectivity index is 2.20. The summed E-state index contributed by atoms with van der Waals surface area (Å²) < 4.78 is 0. The molecule has 0 spiro atoms. The molecule has 0 atom stereocenters. The zero-order valence-corrected chi connectivity index (χ0v) is 10.2. The zero-order valence-electron chi connectivity index (χ0n) is 10.2. The number of anilines is 1. The number of nitrogens with one attached hydrogen (secondary N) is 2. The summed E-state index contributed by atoms with van der Waals surface area (Å²) in [5.74, 6) is 5.45. The number of carbonyl (C=O) groups is 1. The van der Waals surface area contributed by atoms with Crippen molar-refractivity contribution in [3.63, 3.8) is 0 Å². The van der Waals surface area contributed by atoms with E-state index < -0.39 is 0 Å². The van der Waals surface area contributed by atoms with Gasteiger partial charge in [0.05, 0.1) is 24.1 Å². The summed E-state index contributed by atoms with van der Waals surface area (Å²) in [6.07, 6.45) is 3.51. The van der Waals surface area contributed by atoms with E-state index in [0.717, 1.165) is 0 Å². The van der Waals surface area contributed by atoms with Crippen molar-refractivity contribution in [2.45, 2.75) is 6.42 Å². The van der Waals surface area contributed by atoms with Crippen LogP contribution in [0.5, 0.6) is 0 Å².